The number of nitrogens with two attached hydrogens (primary N) is 1. The van der Waals surface area contributed by atoms with E-state index in [-0.39, 0.29) is 5.69 Å². The molecule has 0 radical (unpaired) electrons. The van der Waals surface area contributed by atoms with Gasteiger partial charge in [0, 0.05) is 11.1 Å². The molecule has 0 spiro atoms. The Morgan fingerprint density at radius 2 is 1.90 bits per heavy atom. The molecule has 3 rings (SSSR count). The van der Waals surface area contributed by atoms with E-state index in [0.717, 1.165) is 6.07 Å². The Kier molecular flexibility index (Phi) is 2.90. The van der Waals surface area contributed by atoms with Crippen LogP contribution in [-0.2, 0) is 0 Å². The third kappa shape index (κ3) is 2.11. The highest BCUT2D eigenvalue weighted by Gasteiger charge is 2.10. The molecular formula is C14H10F2N4. The molecule has 0 bridgehead atoms. The molecule has 0 amide bonds. The first-order valence-electron chi connectivity index (χ1n) is 5.86. The number of aromatic nitrogens is 2. The monoisotopic (exact) mass is 272 g/mol. The van der Waals surface area contributed by atoms with Crippen molar-refractivity contribution in [1.82, 2.24) is 9.97 Å². The third-order valence-corrected chi connectivity index (χ3v) is 2.87. The topological polar surface area (TPSA) is 63.8 Å². The second-order valence-electron chi connectivity index (χ2n) is 4.23. The minimum Gasteiger partial charge on any atom is -0.399 e. The van der Waals surface area contributed by atoms with Crippen molar-refractivity contribution in [2.75, 3.05) is 11.1 Å². The van der Waals surface area contributed by atoms with Crippen LogP contribution in [0.1, 0.15) is 0 Å². The largest absolute Gasteiger partial charge is 0.399 e. The lowest BCUT2D eigenvalue weighted by atomic mass is 10.2. The number of nitrogens with one attached hydrogen (secondary N) is 1. The summed E-state index contributed by atoms with van der Waals surface area (Å²) < 4.78 is 26.8. The second-order valence-corrected chi connectivity index (χ2v) is 4.23. The number of anilines is 3. The molecule has 0 unspecified atom stereocenters. The molecule has 3 aromatic rings. The molecule has 4 nitrogen and oxygen atoms in total. The summed E-state index contributed by atoms with van der Waals surface area (Å²) >= 11 is 0. The highest BCUT2D eigenvalue weighted by atomic mass is 19.2. The van der Waals surface area contributed by atoms with Crippen LogP contribution in [0, 0.1) is 11.6 Å². The molecule has 100 valence electrons. The third-order valence-electron chi connectivity index (χ3n) is 2.87. The van der Waals surface area contributed by atoms with Gasteiger partial charge in [0.05, 0.1) is 11.2 Å². The molecular weight excluding hydrogens is 262 g/mol. The molecule has 3 N–H and O–H groups in total. The minimum absolute atomic E-state index is 0.0156. The van der Waals surface area contributed by atoms with Gasteiger partial charge in [-0.05, 0) is 30.3 Å². The predicted octanol–water partition coefficient (Wildman–Crippen LogP) is 3.23. The normalized spacial score (nSPS) is 10.7. The number of nitrogens with zero attached hydrogens (tertiary/aromatic N) is 2. The summed E-state index contributed by atoms with van der Waals surface area (Å²) in [5, 5.41) is 3.44. The fourth-order valence-electron chi connectivity index (χ4n) is 1.90. The molecule has 0 aliphatic heterocycles. The van der Waals surface area contributed by atoms with Crippen molar-refractivity contribution in [2.45, 2.75) is 0 Å². The van der Waals surface area contributed by atoms with E-state index in [1.165, 1.54) is 18.5 Å². The zero-order valence-corrected chi connectivity index (χ0v) is 10.3. The lowest BCUT2D eigenvalue weighted by Crippen LogP contribution is -2.00. The maximum atomic E-state index is 13.7. The van der Waals surface area contributed by atoms with Crippen LogP contribution < -0.4 is 11.1 Å². The van der Waals surface area contributed by atoms with Crippen molar-refractivity contribution in [1.29, 1.82) is 0 Å². The van der Waals surface area contributed by atoms with E-state index in [9.17, 15) is 8.78 Å². The van der Waals surface area contributed by atoms with Crippen molar-refractivity contribution in [2.24, 2.45) is 0 Å². The van der Waals surface area contributed by atoms with Crippen LogP contribution in [0.5, 0.6) is 0 Å². The van der Waals surface area contributed by atoms with Crippen LogP contribution in [0.3, 0.4) is 0 Å². The summed E-state index contributed by atoms with van der Waals surface area (Å²) in [6.07, 6.45) is 1.33. The van der Waals surface area contributed by atoms with Crippen molar-refractivity contribution >= 4 is 28.1 Å². The summed E-state index contributed by atoms with van der Waals surface area (Å²) in [4.78, 5) is 8.14. The Balaban J connectivity index is 2.09. The quantitative estimate of drug-likeness (QED) is 0.703. The molecule has 6 heteroatoms. The van der Waals surface area contributed by atoms with E-state index in [2.05, 4.69) is 15.3 Å². The number of nitrogen functional groups attached to an aromatic ring is 1. The number of hydrogen-bond acceptors (Lipinski definition) is 4. The lowest BCUT2D eigenvalue weighted by molar-refractivity contribution is 0.512. The average Bonchev–Trinajstić information content (AvgIpc) is 2.44. The summed E-state index contributed by atoms with van der Waals surface area (Å²) in [6.45, 7) is 0. The van der Waals surface area contributed by atoms with Gasteiger partial charge in [-0.3, -0.25) is 0 Å². The highest BCUT2D eigenvalue weighted by Crippen LogP contribution is 2.26. The molecule has 0 atom stereocenters. The smallest absolute Gasteiger partial charge is 0.182 e. The molecule has 1 aromatic heterocycles. The van der Waals surface area contributed by atoms with Crippen LogP contribution in [-0.4, -0.2) is 9.97 Å². The van der Waals surface area contributed by atoms with E-state index >= 15 is 0 Å². The summed E-state index contributed by atoms with van der Waals surface area (Å²) in [6, 6.07) is 9.01. The zero-order chi connectivity index (χ0) is 14.1. The molecule has 0 saturated heterocycles. The molecule has 0 aliphatic rings. The summed E-state index contributed by atoms with van der Waals surface area (Å²) in [5.41, 5.74) is 6.89. The van der Waals surface area contributed by atoms with Gasteiger partial charge in [0.15, 0.2) is 11.6 Å². The van der Waals surface area contributed by atoms with Gasteiger partial charge in [0.1, 0.15) is 12.1 Å². The van der Waals surface area contributed by atoms with Gasteiger partial charge in [-0.15, -0.1) is 0 Å². The molecule has 1 heterocycles. The van der Waals surface area contributed by atoms with Crippen LogP contribution in [0.2, 0.25) is 0 Å². The van der Waals surface area contributed by atoms with E-state index in [0.29, 0.717) is 22.4 Å². The Hall–Kier alpha value is -2.76. The van der Waals surface area contributed by atoms with Gasteiger partial charge < -0.3 is 11.1 Å². The molecule has 0 aliphatic carbocycles. The van der Waals surface area contributed by atoms with Gasteiger partial charge in [-0.25, -0.2) is 18.7 Å². The predicted molar refractivity (Wildman–Crippen MR) is 73.6 cm³/mol. The first-order chi connectivity index (χ1) is 9.65. The van der Waals surface area contributed by atoms with Crippen LogP contribution in [0.25, 0.3) is 10.9 Å². The Labute approximate surface area is 113 Å². The van der Waals surface area contributed by atoms with E-state index in [1.54, 1.807) is 18.2 Å². The van der Waals surface area contributed by atoms with Crippen LogP contribution in [0.4, 0.5) is 26.0 Å². The van der Waals surface area contributed by atoms with Crippen molar-refractivity contribution in [3.63, 3.8) is 0 Å². The first kappa shape index (κ1) is 12.3. The lowest BCUT2D eigenvalue weighted by Gasteiger charge is -2.09. The Morgan fingerprint density at radius 3 is 2.75 bits per heavy atom. The average molecular weight is 272 g/mol. The first-order valence-corrected chi connectivity index (χ1v) is 5.86. The molecule has 0 fully saturated rings. The summed E-state index contributed by atoms with van der Waals surface area (Å²) in [7, 11) is 0. The molecule has 20 heavy (non-hydrogen) atoms. The van der Waals surface area contributed by atoms with Gasteiger partial charge in [-0.1, -0.05) is 6.07 Å². The number of fused-ring (bicyclic) bond motifs is 1. The standard InChI is InChI=1S/C14H10F2N4/c15-10-2-1-3-11(13(10)16)20-14-9-5-4-8(17)6-12(9)18-7-19-14/h1-7H,17H2,(H,18,19,20). The Morgan fingerprint density at radius 1 is 1.05 bits per heavy atom. The second kappa shape index (κ2) is 4.73. The van der Waals surface area contributed by atoms with Gasteiger partial charge in [-0.2, -0.15) is 0 Å². The van der Waals surface area contributed by atoms with Crippen molar-refractivity contribution < 1.29 is 8.78 Å². The SMILES string of the molecule is Nc1ccc2c(Nc3cccc(F)c3F)ncnc2c1. The fraction of sp³-hybridized carbons (Fsp3) is 0. The van der Waals surface area contributed by atoms with E-state index < -0.39 is 11.6 Å². The Bertz CT molecular complexity index is 789. The van der Waals surface area contributed by atoms with Crippen molar-refractivity contribution in [3.8, 4) is 0 Å². The van der Waals surface area contributed by atoms with E-state index in [1.807, 2.05) is 0 Å². The number of rotatable bonds is 2. The minimum atomic E-state index is -0.949. The summed E-state index contributed by atoms with van der Waals surface area (Å²) in [5.74, 6) is -1.48. The number of benzene rings is 2. The number of hydrogen-bond donors (Lipinski definition) is 2. The number of halogens is 2. The van der Waals surface area contributed by atoms with Crippen molar-refractivity contribution in [3.05, 3.63) is 54.4 Å². The molecule has 0 saturated carbocycles. The zero-order valence-electron chi connectivity index (χ0n) is 10.3. The molecule has 2 aromatic carbocycles. The van der Waals surface area contributed by atoms with Gasteiger partial charge in [0.2, 0.25) is 0 Å². The van der Waals surface area contributed by atoms with Gasteiger partial charge in [0.25, 0.3) is 0 Å². The fourth-order valence-corrected chi connectivity index (χ4v) is 1.90. The van der Waals surface area contributed by atoms with Crippen LogP contribution in [0.15, 0.2) is 42.7 Å². The van der Waals surface area contributed by atoms with E-state index in [4.69, 9.17) is 5.73 Å². The maximum absolute atomic E-state index is 13.7. The highest BCUT2D eigenvalue weighted by molar-refractivity contribution is 5.92. The van der Waals surface area contributed by atoms with Gasteiger partial charge >= 0.3 is 0 Å². The van der Waals surface area contributed by atoms with Crippen LogP contribution >= 0.6 is 0 Å². The maximum Gasteiger partial charge on any atom is 0.182 e.